The number of rotatable bonds is 4. The van der Waals surface area contributed by atoms with Gasteiger partial charge in [-0.3, -0.25) is 0 Å². The number of aryl methyl sites for hydroxylation is 1. The SMILES string of the molecule is CCCC(N)c1noc(-c2ccc(C)cc2Cl)n1. The molecule has 0 bridgehead atoms. The van der Waals surface area contributed by atoms with Crippen LogP contribution in [-0.2, 0) is 0 Å². The molecule has 4 nitrogen and oxygen atoms in total. The Bertz CT molecular complexity index is 539. The Morgan fingerprint density at radius 3 is 2.89 bits per heavy atom. The van der Waals surface area contributed by atoms with Crippen LogP contribution in [0.25, 0.3) is 11.5 Å². The summed E-state index contributed by atoms with van der Waals surface area (Å²) in [7, 11) is 0. The van der Waals surface area contributed by atoms with Crippen LogP contribution in [0.3, 0.4) is 0 Å². The highest BCUT2D eigenvalue weighted by atomic mass is 35.5. The zero-order chi connectivity index (χ0) is 13.1. The van der Waals surface area contributed by atoms with Crippen molar-refractivity contribution >= 4 is 11.6 Å². The predicted octanol–water partition coefficient (Wildman–Crippen LogP) is 3.50. The lowest BCUT2D eigenvalue weighted by Crippen LogP contribution is -2.11. The van der Waals surface area contributed by atoms with Crippen LogP contribution in [-0.4, -0.2) is 10.1 Å². The molecular formula is C13H16ClN3O. The summed E-state index contributed by atoms with van der Waals surface area (Å²) in [5.41, 5.74) is 7.77. The molecule has 0 spiro atoms. The number of hydrogen-bond donors (Lipinski definition) is 1. The van der Waals surface area contributed by atoms with Gasteiger partial charge in [-0.25, -0.2) is 0 Å². The van der Waals surface area contributed by atoms with E-state index < -0.39 is 0 Å². The molecule has 0 aliphatic heterocycles. The lowest BCUT2D eigenvalue weighted by Gasteiger charge is -2.02. The van der Waals surface area contributed by atoms with Crippen molar-refractivity contribution in [1.82, 2.24) is 10.1 Å². The van der Waals surface area contributed by atoms with E-state index in [2.05, 4.69) is 17.1 Å². The molecule has 2 aromatic rings. The van der Waals surface area contributed by atoms with Crippen LogP contribution < -0.4 is 5.73 Å². The maximum absolute atomic E-state index is 6.16. The topological polar surface area (TPSA) is 64.9 Å². The van der Waals surface area contributed by atoms with Crippen LogP contribution in [0.4, 0.5) is 0 Å². The van der Waals surface area contributed by atoms with E-state index >= 15 is 0 Å². The fourth-order valence-electron chi connectivity index (χ4n) is 1.73. The minimum absolute atomic E-state index is 0.184. The highest BCUT2D eigenvalue weighted by Crippen LogP contribution is 2.28. The first-order chi connectivity index (χ1) is 8.61. The van der Waals surface area contributed by atoms with Gasteiger partial charge in [-0.2, -0.15) is 4.98 Å². The zero-order valence-electron chi connectivity index (χ0n) is 10.5. The number of nitrogens with zero attached hydrogens (tertiary/aromatic N) is 2. The van der Waals surface area contributed by atoms with E-state index in [1.807, 2.05) is 25.1 Å². The van der Waals surface area contributed by atoms with Gasteiger partial charge in [-0.15, -0.1) is 0 Å². The van der Waals surface area contributed by atoms with Gasteiger partial charge in [0, 0.05) is 0 Å². The maximum atomic E-state index is 6.16. The predicted molar refractivity (Wildman–Crippen MR) is 71.3 cm³/mol. The Balaban J connectivity index is 2.29. The second-order valence-corrected chi connectivity index (χ2v) is 4.74. The van der Waals surface area contributed by atoms with Crippen molar-refractivity contribution in [2.45, 2.75) is 32.7 Å². The van der Waals surface area contributed by atoms with Crippen molar-refractivity contribution < 1.29 is 4.52 Å². The molecule has 5 heteroatoms. The molecule has 1 aromatic carbocycles. The number of hydrogen-bond acceptors (Lipinski definition) is 4. The summed E-state index contributed by atoms with van der Waals surface area (Å²) in [6.45, 7) is 4.05. The van der Waals surface area contributed by atoms with Gasteiger partial charge in [0.05, 0.1) is 16.6 Å². The van der Waals surface area contributed by atoms with Crippen LogP contribution >= 0.6 is 11.6 Å². The zero-order valence-corrected chi connectivity index (χ0v) is 11.2. The van der Waals surface area contributed by atoms with Gasteiger partial charge < -0.3 is 10.3 Å². The summed E-state index contributed by atoms with van der Waals surface area (Å²) in [4.78, 5) is 4.30. The van der Waals surface area contributed by atoms with Crippen LogP contribution in [0.5, 0.6) is 0 Å². The molecule has 0 aliphatic rings. The fraction of sp³-hybridized carbons (Fsp3) is 0.385. The molecule has 1 aromatic heterocycles. The fourth-order valence-corrected chi connectivity index (χ4v) is 2.04. The van der Waals surface area contributed by atoms with Crippen molar-refractivity contribution in [2.24, 2.45) is 5.73 Å². The van der Waals surface area contributed by atoms with Gasteiger partial charge in [0.15, 0.2) is 5.82 Å². The Kier molecular flexibility index (Phi) is 3.99. The molecule has 0 fully saturated rings. The van der Waals surface area contributed by atoms with Gasteiger partial charge in [0.1, 0.15) is 0 Å². The number of benzene rings is 1. The van der Waals surface area contributed by atoms with Gasteiger partial charge in [0.2, 0.25) is 0 Å². The second-order valence-electron chi connectivity index (χ2n) is 4.34. The molecule has 2 N–H and O–H groups in total. The molecule has 96 valence electrons. The standard InChI is InChI=1S/C13H16ClN3O/c1-3-4-11(15)12-16-13(18-17-12)9-6-5-8(2)7-10(9)14/h5-7,11H,3-4,15H2,1-2H3. The maximum Gasteiger partial charge on any atom is 0.259 e. The molecular weight excluding hydrogens is 250 g/mol. The van der Waals surface area contributed by atoms with E-state index in [-0.39, 0.29) is 6.04 Å². The number of aromatic nitrogens is 2. The average Bonchev–Trinajstić information content (AvgIpc) is 2.78. The molecule has 0 aliphatic carbocycles. The van der Waals surface area contributed by atoms with Crippen molar-refractivity contribution in [3.05, 3.63) is 34.6 Å². The first kappa shape index (κ1) is 13.1. The quantitative estimate of drug-likeness (QED) is 0.919. The largest absolute Gasteiger partial charge is 0.334 e. The van der Waals surface area contributed by atoms with Crippen LogP contribution in [0.1, 0.15) is 37.2 Å². The van der Waals surface area contributed by atoms with Crippen LogP contribution in [0.2, 0.25) is 5.02 Å². The van der Waals surface area contributed by atoms with Crippen molar-refractivity contribution in [3.8, 4) is 11.5 Å². The lowest BCUT2D eigenvalue weighted by atomic mass is 10.1. The molecule has 0 saturated carbocycles. The molecule has 1 heterocycles. The van der Waals surface area contributed by atoms with E-state index in [0.29, 0.717) is 16.7 Å². The molecule has 1 unspecified atom stereocenters. The van der Waals surface area contributed by atoms with Crippen molar-refractivity contribution in [1.29, 1.82) is 0 Å². The van der Waals surface area contributed by atoms with E-state index in [0.717, 1.165) is 24.0 Å². The minimum Gasteiger partial charge on any atom is -0.334 e. The van der Waals surface area contributed by atoms with Gasteiger partial charge >= 0.3 is 0 Å². The number of nitrogens with two attached hydrogens (primary N) is 1. The second kappa shape index (κ2) is 5.50. The van der Waals surface area contributed by atoms with Gasteiger partial charge in [-0.05, 0) is 31.0 Å². The summed E-state index contributed by atoms with van der Waals surface area (Å²) in [6, 6.07) is 5.51. The van der Waals surface area contributed by atoms with Crippen LogP contribution in [0.15, 0.2) is 22.7 Å². The molecule has 0 amide bonds. The third-order valence-corrected chi connectivity index (χ3v) is 3.04. The highest BCUT2D eigenvalue weighted by molar-refractivity contribution is 6.33. The summed E-state index contributed by atoms with van der Waals surface area (Å²) in [6.07, 6.45) is 1.82. The van der Waals surface area contributed by atoms with Crippen LogP contribution in [0, 0.1) is 6.92 Å². The number of halogens is 1. The Morgan fingerprint density at radius 2 is 2.22 bits per heavy atom. The van der Waals surface area contributed by atoms with E-state index in [9.17, 15) is 0 Å². The van der Waals surface area contributed by atoms with Crippen molar-refractivity contribution in [3.63, 3.8) is 0 Å². The van der Waals surface area contributed by atoms with Gasteiger partial charge in [0.25, 0.3) is 5.89 Å². The smallest absolute Gasteiger partial charge is 0.259 e. The van der Waals surface area contributed by atoms with Crippen molar-refractivity contribution in [2.75, 3.05) is 0 Å². The average molecular weight is 266 g/mol. The summed E-state index contributed by atoms with van der Waals surface area (Å²) < 4.78 is 5.21. The molecule has 0 saturated heterocycles. The summed E-state index contributed by atoms with van der Waals surface area (Å²) in [5, 5.41) is 4.51. The Morgan fingerprint density at radius 1 is 1.44 bits per heavy atom. The van der Waals surface area contributed by atoms with E-state index in [4.69, 9.17) is 21.9 Å². The lowest BCUT2D eigenvalue weighted by molar-refractivity contribution is 0.413. The molecule has 0 radical (unpaired) electrons. The third kappa shape index (κ3) is 2.71. The first-order valence-corrected chi connectivity index (χ1v) is 6.35. The third-order valence-electron chi connectivity index (χ3n) is 2.73. The Labute approximate surface area is 111 Å². The Hall–Kier alpha value is -1.39. The van der Waals surface area contributed by atoms with E-state index in [1.165, 1.54) is 0 Å². The summed E-state index contributed by atoms with van der Waals surface area (Å²) >= 11 is 6.16. The minimum atomic E-state index is -0.184. The summed E-state index contributed by atoms with van der Waals surface area (Å²) in [5.74, 6) is 0.949. The van der Waals surface area contributed by atoms with E-state index in [1.54, 1.807) is 0 Å². The monoisotopic (exact) mass is 265 g/mol. The molecule has 18 heavy (non-hydrogen) atoms. The van der Waals surface area contributed by atoms with Gasteiger partial charge in [-0.1, -0.05) is 36.2 Å². The molecule has 2 rings (SSSR count). The highest BCUT2D eigenvalue weighted by Gasteiger charge is 2.16. The first-order valence-electron chi connectivity index (χ1n) is 5.97. The normalized spacial score (nSPS) is 12.7. The molecule has 1 atom stereocenters.